The molecule has 1 aromatic rings. The standard InChI is InChI=1S/C26H40O5/c1-4-6-12-19(5-2)17-23(18(3)27)24(20-13-8-7-9-14-20)31-26(30)22-16-11-10-15-21(22)25(28)29/h7-9,13-14,18-19,21-24,27H,4-6,10-12,15-17H2,1-3H3,(H,28,29). The molecule has 0 amide bonds. The van der Waals surface area contributed by atoms with E-state index in [1.54, 1.807) is 6.92 Å². The van der Waals surface area contributed by atoms with Crippen LogP contribution in [0.1, 0.15) is 90.2 Å². The van der Waals surface area contributed by atoms with Gasteiger partial charge in [0.25, 0.3) is 0 Å². The number of aliphatic carboxylic acids is 1. The van der Waals surface area contributed by atoms with E-state index in [1.165, 1.54) is 0 Å². The van der Waals surface area contributed by atoms with E-state index in [4.69, 9.17) is 4.74 Å². The summed E-state index contributed by atoms with van der Waals surface area (Å²) in [4.78, 5) is 24.9. The quantitative estimate of drug-likeness (QED) is 0.410. The molecular formula is C26H40O5. The second-order valence-corrected chi connectivity index (χ2v) is 9.16. The third-order valence-corrected chi connectivity index (χ3v) is 6.91. The summed E-state index contributed by atoms with van der Waals surface area (Å²) in [6, 6.07) is 9.58. The van der Waals surface area contributed by atoms with Crippen LogP contribution in [0.4, 0.5) is 0 Å². The summed E-state index contributed by atoms with van der Waals surface area (Å²) >= 11 is 0. The Morgan fingerprint density at radius 2 is 1.74 bits per heavy atom. The number of aliphatic hydroxyl groups excluding tert-OH is 1. The molecule has 1 aliphatic carbocycles. The molecule has 6 unspecified atom stereocenters. The van der Waals surface area contributed by atoms with Crippen molar-refractivity contribution < 1.29 is 24.5 Å². The van der Waals surface area contributed by atoms with E-state index < -0.39 is 36.0 Å². The van der Waals surface area contributed by atoms with Crippen molar-refractivity contribution >= 4 is 11.9 Å². The first-order chi connectivity index (χ1) is 14.9. The lowest BCUT2D eigenvalue weighted by atomic mass is 9.78. The molecule has 5 heteroatoms. The number of benzene rings is 1. The van der Waals surface area contributed by atoms with Crippen molar-refractivity contribution in [2.75, 3.05) is 0 Å². The number of carboxylic acids is 1. The number of rotatable bonds is 12. The topological polar surface area (TPSA) is 83.8 Å². The Labute approximate surface area is 187 Å². The van der Waals surface area contributed by atoms with E-state index in [0.29, 0.717) is 18.8 Å². The van der Waals surface area contributed by atoms with Crippen molar-refractivity contribution in [2.45, 2.75) is 90.8 Å². The van der Waals surface area contributed by atoms with Crippen molar-refractivity contribution in [3.63, 3.8) is 0 Å². The van der Waals surface area contributed by atoms with Crippen molar-refractivity contribution in [3.8, 4) is 0 Å². The van der Waals surface area contributed by atoms with Crippen LogP contribution in [-0.2, 0) is 14.3 Å². The Morgan fingerprint density at radius 1 is 1.10 bits per heavy atom. The predicted molar refractivity (Wildman–Crippen MR) is 121 cm³/mol. The molecule has 1 aliphatic rings. The highest BCUT2D eigenvalue weighted by atomic mass is 16.5. The van der Waals surface area contributed by atoms with Gasteiger partial charge in [-0.2, -0.15) is 0 Å². The van der Waals surface area contributed by atoms with Crippen LogP contribution in [0.5, 0.6) is 0 Å². The Hall–Kier alpha value is -1.88. The smallest absolute Gasteiger partial charge is 0.310 e. The summed E-state index contributed by atoms with van der Waals surface area (Å²) < 4.78 is 6.07. The summed E-state index contributed by atoms with van der Waals surface area (Å²) in [7, 11) is 0. The van der Waals surface area contributed by atoms with Crippen LogP contribution < -0.4 is 0 Å². The number of hydrogen-bond acceptors (Lipinski definition) is 4. The zero-order valence-corrected chi connectivity index (χ0v) is 19.3. The minimum absolute atomic E-state index is 0.236. The van der Waals surface area contributed by atoms with Crippen LogP contribution in [0.25, 0.3) is 0 Å². The third kappa shape index (κ3) is 7.34. The molecule has 0 saturated heterocycles. The lowest BCUT2D eigenvalue weighted by Crippen LogP contribution is -2.37. The summed E-state index contributed by atoms with van der Waals surface area (Å²) in [6.07, 6.45) is 6.66. The number of carbonyl (C=O) groups is 2. The van der Waals surface area contributed by atoms with Crippen LogP contribution in [-0.4, -0.2) is 28.3 Å². The third-order valence-electron chi connectivity index (χ3n) is 6.91. The molecule has 2 N–H and O–H groups in total. The van der Waals surface area contributed by atoms with Crippen LogP contribution in [0.15, 0.2) is 30.3 Å². The summed E-state index contributed by atoms with van der Waals surface area (Å²) in [5.74, 6) is -2.44. The number of ether oxygens (including phenoxy) is 1. The number of esters is 1. The molecule has 0 aromatic heterocycles. The van der Waals surface area contributed by atoms with Crippen molar-refractivity contribution in [3.05, 3.63) is 35.9 Å². The fourth-order valence-corrected chi connectivity index (χ4v) is 4.91. The summed E-state index contributed by atoms with van der Waals surface area (Å²) in [5.41, 5.74) is 0.856. The predicted octanol–water partition coefficient (Wildman–Crippen LogP) is 5.77. The van der Waals surface area contributed by atoms with Gasteiger partial charge >= 0.3 is 11.9 Å². The second kappa shape index (κ2) is 12.8. The number of aliphatic hydroxyl groups is 1. The number of carbonyl (C=O) groups excluding carboxylic acids is 1. The Morgan fingerprint density at radius 3 is 2.29 bits per heavy atom. The molecule has 6 atom stereocenters. The minimum atomic E-state index is -0.921. The van der Waals surface area contributed by atoms with Gasteiger partial charge in [0.05, 0.1) is 17.9 Å². The lowest BCUT2D eigenvalue weighted by Gasteiger charge is -2.34. The lowest BCUT2D eigenvalue weighted by molar-refractivity contribution is -0.168. The fourth-order valence-electron chi connectivity index (χ4n) is 4.91. The minimum Gasteiger partial charge on any atom is -0.481 e. The van der Waals surface area contributed by atoms with E-state index in [0.717, 1.165) is 50.5 Å². The SMILES string of the molecule is CCCCC(CC)CC(C(C)O)C(OC(=O)C1CCCCC1C(=O)O)c1ccccc1. The van der Waals surface area contributed by atoms with Crippen LogP contribution in [0.3, 0.4) is 0 Å². The summed E-state index contributed by atoms with van der Waals surface area (Å²) in [6.45, 7) is 6.11. The van der Waals surface area contributed by atoms with Crippen molar-refractivity contribution in [2.24, 2.45) is 23.7 Å². The molecule has 5 nitrogen and oxygen atoms in total. The van der Waals surface area contributed by atoms with Gasteiger partial charge in [-0.3, -0.25) is 9.59 Å². The number of unbranched alkanes of at least 4 members (excludes halogenated alkanes) is 1. The van der Waals surface area contributed by atoms with Crippen molar-refractivity contribution in [1.82, 2.24) is 0 Å². The van der Waals surface area contributed by atoms with E-state index >= 15 is 0 Å². The van der Waals surface area contributed by atoms with Crippen LogP contribution in [0.2, 0.25) is 0 Å². The molecule has 31 heavy (non-hydrogen) atoms. The van der Waals surface area contributed by atoms with Gasteiger partial charge in [0, 0.05) is 5.92 Å². The van der Waals surface area contributed by atoms with Gasteiger partial charge in [0.1, 0.15) is 6.10 Å². The fraction of sp³-hybridized carbons (Fsp3) is 0.692. The molecule has 1 aromatic carbocycles. The first kappa shape index (κ1) is 25.4. The maximum absolute atomic E-state index is 13.2. The molecule has 0 spiro atoms. The molecule has 0 radical (unpaired) electrons. The van der Waals surface area contributed by atoms with Gasteiger partial charge in [0.2, 0.25) is 0 Å². The van der Waals surface area contributed by atoms with Gasteiger partial charge in [-0.05, 0) is 37.7 Å². The first-order valence-electron chi connectivity index (χ1n) is 12.0. The van der Waals surface area contributed by atoms with E-state index in [9.17, 15) is 19.8 Å². The van der Waals surface area contributed by atoms with Gasteiger partial charge in [-0.1, -0.05) is 82.7 Å². The van der Waals surface area contributed by atoms with Gasteiger partial charge in [-0.15, -0.1) is 0 Å². The zero-order chi connectivity index (χ0) is 22.8. The van der Waals surface area contributed by atoms with Crippen LogP contribution in [0, 0.1) is 23.7 Å². The number of hydrogen-bond donors (Lipinski definition) is 2. The highest BCUT2D eigenvalue weighted by Crippen LogP contribution is 2.38. The molecule has 0 bridgehead atoms. The largest absolute Gasteiger partial charge is 0.481 e. The Kier molecular flexibility index (Phi) is 10.5. The molecule has 1 fully saturated rings. The molecule has 0 heterocycles. The highest BCUT2D eigenvalue weighted by molar-refractivity contribution is 5.81. The molecule has 2 rings (SSSR count). The second-order valence-electron chi connectivity index (χ2n) is 9.16. The van der Waals surface area contributed by atoms with Crippen LogP contribution >= 0.6 is 0 Å². The zero-order valence-electron chi connectivity index (χ0n) is 19.3. The average molecular weight is 433 g/mol. The Bertz CT molecular complexity index is 672. The van der Waals surface area contributed by atoms with E-state index in [1.807, 2.05) is 30.3 Å². The maximum atomic E-state index is 13.2. The Balaban J connectivity index is 2.28. The first-order valence-corrected chi connectivity index (χ1v) is 12.0. The molecule has 0 aliphatic heterocycles. The van der Waals surface area contributed by atoms with Gasteiger partial charge in [0.15, 0.2) is 0 Å². The molecule has 1 saturated carbocycles. The van der Waals surface area contributed by atoms with Gasteiger partial charge in [-0.25, -0.2) is 0 Å². The average Bonchev–Trinajstić information content (AvgIpc) is 2.78. The van der Waals surface area contributed by atoms with E-state index in [-0.39, 0.29) is 5.92 Å². The van der Waals surface area contributed by atoms with E-state index in [2.05, 4.69) is 13.8 Å². The maximum Gasteiger partial charge on any atom is 0.310 e. The monoisotopic (exact) mass is 432 g/mol. The molecular weight excluding hydrogens is 392 g/mol. The normalized spacial score (nSPS) is 22.8. The number of carboxylic acid groups (broad SMARTS) is 1. The van der Waals surface area contributed by atoms with Crippen molar-refractivity contribution in [1.29, 1.82) is 0 Å². The highest BCUT2D eigenvalue weighted by Gasteiger charge is 2.40. The van der Waals surface area contributed by atoms with Gasteiger partial charge < -0.3 is 14.9 Å². The molecule has 174 valence electrons. The summed E-state index contributed by atoms with van der Waals surface area (Å²) in [5, 5.41) is 20.3.